The van der Waals surface area contributed by atoms with Crippen LogP contribution >= 0.6 is 0 Å². The standard InChI is InChI=1S/C21H18F5NO6/c1-10-15(13-8-9-14(22)16(23)17(13)31-3)19(33-20(10,2)21(24,25)26)32-18(28)11-4-6-12(7-5-11)27(29)30/h4-10,15,19H,1-3H3/t10-,15?,19?,20+/m0/s1. The average molecular weight is 475 g/mol. The molecule has 2 unspecified atom stereocenters. The van der Waals surface area contributed by atoms with Gasteiger partial charge in [0.15, 0.2) is 17.2 Å². The van der Waals surface area contributed by atoms with Crippen LogP contribution in [0.15, 0.2) is 36.4 Å². The molecule has 3 rings (SSSR count). The Bertz CT molecular complexity index is 1070. The highest BCUT2D eigenvalue weighted by Gasteiger charge is 2.65. The monoisotopic (exact) mass is 475 g/mol. The van der Waals surface area contributed by atoms with Crippen LogP contribution in [0.2, 0.25) is 0 Å². The van der Waals surface area contributed by atoms with Gasteiger partial charge in [-0.25, -0.2) is 9.18 Å². The second-order valence-electron chi connectivity index (χ2n) is 7.60. The van der Waals surface area contributed by atoms with Crippen molar-refractivity contribution in [3.05, 3.63) is 69.3 Å². The van der Waals surface area contributed by atoms with E-state index in [0.717, 1.165) is 50.4 Å². The summed E-state index contributed by atoms with van der Waals surface area (Å²) in [4.78, 5) is 22.7. The fraction of sp³-hybridized carbons (Fsp3) is 0.381. The molecule has 4 atom stereocenters. The second kappa shape index (κ2) is 8.58. The molecule has 0 bridgehead atoms. The Morgan fingerprint density at radius 3 is 2.27 bits per heavy atom. The topological polar surface area (TPSA) is 87.9 Å². The van der Waals surface area contributed by atoms with Crippen LogP contribution in [0.5, 0.6) is 5.75 Å². The maximum Gasteiger partial charge on any atom is 0.417 e. The first-order chi connectivity index (χ1) is 15.3. The van der Waals surface area contributed by atoms with Gasteiger partial charge in [0.05, 0.1) is 23.5 Å². The number of esters is 1. The summed E-state index contributed by atoms with van der Waals surface area (Å²) < 4.78 is 84.8. The van der Waals surface area contributed by atoms with Crippen molar-refractivity contribution in [1.29, 1.82) is 0 Å². The number of rotatable bonds is 5. The van der Waals surface area contributed by atoms with E-state index in [1.54, 1.807) is 0 Å². The highest BCUT2D eigenvalue weighted by Crippen LogP contribution is 2.55. The van der Waals surface area contributed by atoms with Crippen LogP contribution in [0.4, 0.5) is 27.6 Å². The zero-order chi connectivity index (χ0) is 24.7. The molecule has 1 aliphatic heterocycles. The molecule has 33 heavy (non-hydrogen) atoms. The third kappa shape index (κ3) is 4.22. The van der Waals surface area contributed by atoms with Gasteiger partial charge in [0.25, 0.3) is 5.69 Å². The van der Waals surface area contributed by atoms with Crippen LogP contribution in [0.25, 0.3) is 0 Å². The number of non-ortho nitro benzene ring substituents is 1. The Morgan fingerprint density at radius 1 is 1.15 bits per heavy atom. The predicted molar refractivity (Wildman–Crippen MR) is 103 cm³/mol. The first kappa shape index (κ1) is 24.4. The Hall–Kier alpha value is -3.28. The molecule has 0 N–H and O–H groups in total. The van der Waals surface area contributed by atoms with E-state index in [1.807, 2.05) is 0 Å². The van der Waals surface area contributed by atoms with E-state index in [1.165, 1.54) is 6.92 Å². The molecular formula is C21H18F5NO6. The SMILES string of the molecule is COc1c(C2C(OC(=O)c3ccc([N+](=O)[O-])cc3)O[C@@](C)(C(F)(F)F)[C@H]2C)ccc(F)c1F. The van der Waals surface area contributed by atoms with Crippen molar-refractivity contribution in [2.75, 3.05) is 7.11 Å². The largest absolute Gasteiger partial charge is 0.493 e. The molecule has 0 spiro atoms. The summed E-state index contributed by atoms with van der Waals surface area (Å²) in [5, 5.41) is 10.8. The molecule has 1 fully saturated rings. The summed E-state index contributed by atoms with van der Waals surface area (Å²) in [7, 11) is 1.02. The van der Waals surface area contributed by atoms with Crippen molar-refractivity contribution < 1.29 is 45.9 Å². The van der Waals surface area contributed by atoms with Gasteiger partial charge in [-0.05, 0) is 25.1 Å². The third-order valence-corrected chi connectivity index (χ3v) is 5.81. The number of benzene rings is 2. The molecule has 178 valence electrons. The number of nitrogens with zero attached hydrogens (tertiary/aromatic N) is 1. The lowest BCUT2D eigenvalue weighted by molar-refractivity contribution is -0.384. The van der Waals surface area contributed by atoms with Crippen LogP contribution in [0.1, 0.15) is 35.7 Å². The zero-order valence-electron chi connectivity index (χ0n) is 17.5. The number of hydrogen-bond acceptors (Lipinski definition) is 6. The van der Waals surface area contributed by atoms with Gasteiger partial charge >= 0.3 is 12.1 Å². The fourth-order valence-electron chi connectivity index (χ4n) is 3.75. The van der Waals surface area contributed by atoms with Crippen LogP contribution in [-0.2, 0) is 9.47 Å². The number of nitro benzene ring substituents is 1. The van der Waals surface area contributed by atoms with E-state index in [4.69, 9.17) is 14.2 Å². The third-order valence-electron chi connectivity index (χ3n) is 5.81. The minimum absolute atomic E-state index is 0.182. The lowest BCUT2D eigenvalue weighted by Gasteiger charge is -2.31. The summed E-state index contributed by atoms with van der Waals surface area (Å²) >= 11 is 0. The molecule has 1 heterocycles. The number of alkyl halides is 3. The molecule has 1 aliphatic rings. The molecule has 2 aromatic carbocycles. The highest BCUT2D eigenvalue weighted by molar-refractivity contribution is 5.89. The summed E-state index contributed by atoms with van der Waals surface area (Å²) in [6, 6.07) is 5.92. The highest BCUT2D eigenvalue weighted by atomic mass is 19.4. The van der Waals surface area contributed by atoms with Gasteiger partial charge < -0.3 is 14.2 Å². The second-order valence-corrected chi connectivity index (χ2v) is 7.60. The van der Waals surface area contributed by atoms with E-state index >= 15 is 0 Å². The van der Waals surface area contributed by atoms with Crippen molar-refractivity contribution >= 4 is 11.7 Å². The smallest absolute Gasteiger partial charge is 0.417 e. The van der Waals surface area contributed by atoms with Gasteiger partial charge in [-0.3, -0.25) is 10.1 Å². The van der Waals surface area contributed by atoms with Gasteiger partial charge in [0.2, 0.25) is 12.1 Å². The summed E-state index contributed by atoms with van der Waals surface area (Å²) in [5.41, 5.74) is -3.48. The molecule has 2 aromatic rings. The fourth-order valence-corrected chi connectivity index (χ4v) is 3.75. The molecule has 7 nitrogen and oxygen atoms in total. The summed E-state index contributed by atoms with van der Waals surface area (Å²) in [6.07, 6.45) is -6.75. The maximum atomic E-state index is 14.3. The Labute approximate surface area is 184 Å². The molecule has 12 heteroatoms. The Balaban J connectivity index is 2.03. The summed E-state index contributed by atoms with van der Waals surface area (Å²) in [5.74, 6) is -7.25. The van der Waals surface area contributed by atoms with Gasteiger partial charge in [-0.1, -0.05) is 13.0 Å². The number of carbonyl (C=O) groups is 1. The predicted octanol–water partition coefficient (Wildman–Crippen LogP) is 5.14. The lowest BCUT2D eigenvalue weighted by atomic mass is 9.79. The van der Waals surface area contributed by atoms with Crippen LogP contribution < -0.4 is 4.74 Å². The van der Waals surface area contributed by atoms with Crippen molar-refractivity contribution in [2.45, 2.75) is 37.8 Å². The van der Waals surface area contributed by atoms with Gasteiger partial charge in [-0.2, -0.15) is 17.6 Å². The normalized spacial score (nSPS) is 25.0. The van der Waals surface area contributed by atoms with E-state index in [2.05, 4.69) is 0 Å². The minimum atomic E-state index is -4.90. The molecule has 0 radical (unpaired) electrons. The number of halogens is 5. The van der Waals surface area contributed by atoms with E-state index in [9.17, 15) is 36.9 Å². The van der Waals surface area contributed by atoms with Crippen molar-refractivity contribution in [1.82, 2.24) is 0 Å². The number of nitro groups is 1. The van der Waals surface area contributed by atoms with Crippen molar-refractivity contribution in [2.24, 2.45) is 5.92 Å². The van der Waals surface area contributed by atoms with Crippen molar-refractivity contribution in [3.63, 3.8) is 0 Å². The maximum absolute atomic E-state index is 14.3. The Kier molecular flexibility index (Phi) is 6.33. The minimum Gasteiger partial charge on any atom is -0.493 e. The molecule has 1 saturated heterocycles. The lowest BCUT2D eigenvalue weighted by Crippen LogP contribution is -2.47. The number of hydrogen-bond donors (Lipinski definition) is 0. The first-order valence-electron chi connectivity index (χ1n) is 9.53. The van der Waals surface area contributed by atoms with E-state index in [0.29, 0.717) is 0 Å². The zero-order valence-corrected chi connectivity index (χ0v) is 17.5. The van der Waals surface area contributed by atoms with Crippen LogP contribution in [0.3, 0.4) is 0 Å². The molecule has 0 amide bonds. The number of methoxy groups -OCH3 is 1. The van der Waals surface area contributed by atoms with Crippen molar-refractivity contribution in [3.8, 4) is 5.75 Å². The molecule has 0 saturated carbocycles. The van der Waals surface area contributed by atoms with Gasteiger partial charge in [0.1, 0.15) is 0 Å². The van der Waals surface area contributed by atoms with Crippen LogP contribution in [-0.4, -0.2) is 36.1 Å². The first-order valence-corrected chi connectivity index (χ1v) is 9.53. The van der Waals surface area contributed by atoms with E-state index < -0.39 is 58.2 Å². The van der Waals surface area contributed by atoms with Gasteiger partial charge in [-0.15, -0.1) is 0 Å². The molecule has 0 aromatic heterocycles. The number of carbonyl (C=O) groups excluding carboxylic acids is 1. The van der Waals surface area contributed by atoms with Crippen LogP contribution in [0, 0.1) is 27.7 Å². The number of ether oxygens (including phenoxy) is 3. The summed E-state index contributed by atoms with van der Waals surface area (Å²) in [6.45, 7) is 1.94. The molecular weight excluding hydrogens is 457 g/mol. The Morgan fingerprint density at radius 2 is 1.76 bits per heavy atom. The molecule has 0 aliphatic carbocycles. The quantitative estimate of drug-likeness (QED) is 0.258. The van der Waals surface area contributed by atoms with E-state index in [-0.39, 0.29) is 16.8 Å². The van der Waals surface area contributed by atoms with Gasteiger partial charge in [0, 0.05) is 23.6 Å². The average Bonchev–Trinajstić information content (AvgIpc) is 3.00.